The summed E-state index contributed by atoms with van der Waals surface area (Å²) in [6.07, 6.45) is 0. The van der Waals surface area contributed by atoms with E-state index in [1.807, 2.05) is 0 Å². The Hall–Kier alpha value is -0.690. The Morgan fingerprint density at radius 1 is 1.47 bits per heavy atom. The highest BCUT2D eigenvalue weighted by Gasteiger charge is 2.31. The van der Waals surface area contributed by atoms with Crippen LogP contribution in [0.1, 0.15) is 24.2 Å². The minimum Gasteiger partial charge on any atom is -0.493 e. The molecule has 19 heavy (non-hydrogen) atoms. The van der Waals surface area contributed by atoms with Crippen LogP contribution in [-0.4, -0.2) is 17.9 Å². The van der Waals surface area contributed by atoms with Crippen LogP contribution in [0.15, 0.2) is 23.1 Å². The number of thioether (sulfide) groups is 1. The molecule has 0 spiro atoms. The molecule has 0 heterocycles. The molecule has 0 fully saturated rings. The largest absolute Gasteiger partial charge is 0.493 e. The predicted molar refractivity (Wildman–Crippen MR) is 71.9 cm³/mol. The second kappa shape index (κ2) is 6.65. The van der Waals surface area contributed by atoms with E-state index in [2.05, 4.69) is 15.9 Å². The fraction of sp³-hybridized carbons (Fsp3) is 0.417. The fourth-order valence-electron chi connectivity index (χ4n) is 1.39. The first-order valence-corrected chi connectivity index (χ1v) is 7.14. The van der Waals surface area contributed by atoms with Gasteiger partial charge in [-0.05, 0) is 43.3 Å². The van der Waals surface area contributed by atoms with Gasteiger partial charge in [0.25, 0.3) is 0 Å². The second-order valence-electron chi connectivity index (χ2n) is 3.66. The van der Waals surface area contributed by atoms with Crippen LogP contribution in [0.25, 0.3) is 0 Å². The maximum atomic E-state index is 12.4. The summed E-state index contributed by atoms with van der Waals surface area (Å²) < 4.78 is 42.4. The lowest BCUT2D eigenvalue weighted by atomic mass is 10.1. The Morgan fingerprint density at radius 3 is 2.58 bits per heavy atom. The van der Waals surface area contributed by atoms with E-state index in [1.165, 1.54) is 25.1 Å². The number of Topliss-reactive ketones (excluding diaryl/α,β-unsaturated/α-hetero) is 1. The van der Waals surface area contributed by atoms with Crippen molar-refractivity contribution in [3.63, 3.8) is 0 Å². The molecule has 0 amide bonds. The molecular formula is C12H12BrF3O2S. The van der Waals surface area contributed by atoms with Gasteiger partial charge in [0.1, 0.15) is 11.5 Å². The number of hydrogen-bond acceptors (Lipinski definition) is 3. The molecule has 0 saturated heterocycles. The molecule has 0 aliphatic rings. The van der Waals surface area contributed by atoms with E-state index in [0.717, 1.165) is 0 Å². The summed E-state index contributed by atoms with van der Waals surface area (Å²) in [5.41, 5.74) is -3.80. The van der Waals surface area contributed by atoms with E-state index in [0.29, 0.717) is 5.56 Å². The van der Waals surface area contributed by atoms with Crippen molar-refractivity contribution in [2.45, 2.75) is 29.1 Å². The van der Waals surface area contributed by atoms with E-state index in [9.17, 15) is 18.0 Å². The van der Waals surface area contributed by atoms with Crippen LogP contribution in [0.3, 0.4) is 0 Å². The summed E-state index contributed by atoms with van der Waals surface area (Å²) in [4.78, 5) is 10.7. The van der Waals surface area contributed by atoms with Gasteiger partial charge >= 0.3 is 5.51 Å². The van der Waals surface area contributed by atoms with Crippen LogP contribution in [0.5, 0.6) is 5.75 Å². The van der Waals surface area contributed by atoms with Crippen LogP contribution in [0, 0.1) is 0 Å². The molecule has 2 nitrogen and oxygen atoms in total. The summed E-state index contributed by atoms with van der Waals surface area (Å²) in [5, 5.41) is 0. The first-order chi connectivity index (χ1) is 8.74. The van der Waals surface area contributed by atoms with Crippen LogP contribution < -0.4 is 4.74 Å². The third kappa shape index (κ3) is 5.06. The SMILES string of the molecule is CCOc1cc(C(Br)C(C)=O)ccc1SC(F)(F)F. The average molecular weight is 357 g/mol. The standard InChI is InChI=1S/C12H12BrF3O2S/c1-3-18-9-6-8(11(13)7(2)17)4-5-10(9)19-12(14,15)16/h4-6,11H,3H2,1-2H3. The number of ketones is 1. The van der Waals surface area contributed by atoms with Crippen molar-refractivity contribution in [1.29, 1.82) is 0 Å². The highest BCUT2D eigenvalue weighted by molar-refractivity contribution is 9.09. The molecule has 1 aromatic rings. The molecule has 1 aromatic carbocycles. The predicted octanol–water partition coefficient (Wildman–Crippen LogP) is 4.72. The second-order valence-corrected chi connectivity index (χ2v) is 5.68. The van der Waals surface area contributed by atoms with Crippen molar-refractivity contribution in [3.8, 4) is 5.75 Å². The number of ether oxygens (including phenoxy) is 1. The number of halogens is 4. The van der Waals surface area contributed by atoms with Gasteiger partial charge in [0, 0.05) is 0 Å². The molecule has 106 valence electrons. The minimum atomic E-state index is -4.37. The molecule has 0 radical (unpaired) electrons. The Labute approximate surface area is 121 Å². The molecule has 1 rings (SSSR count). The van der Waals surface area contributed by atoms with Crippen LogP contribution in [0.2, 0.25) is 0 Å². The average Bonchev–Trinajstić information content (AvgIpc) is 2.29. The topological polar surface area (TPSA) is 26.3 Å². The highest BCUT2D eigenvalue weighted by Crippen LogP contribution is 2.42. The Kier molecular flexibility index (Phi) is 5.73. The van der Waals surface area contributed by atoms with Gasteiger partial charge in [-0.2, -0.15) is 13.2 Å². The third-order valence-electron chi connectivity index (χ3n) is 2.14. The monoisotopic (exact) mass is 356 g/mol. The smallest absolute Gasteiger partial charge is 0.446 e. The number of alkyl halides is 4. The molecule has 0 bridgehead atoms. The molecule has 1 atom stereocenters. The van der Waals surface area contributed by atoms with Crippen molar-refractivity contribution in [2.24, 2.45) is 0 Å². The molecule has 0 saturated carbocycles. The zero-order chi connectivity index (χ0) is 14.6. The maximum Gasteiger partial charge on any atom is 0.446 e. The molecular weight excluding hydrogens is 345 g/mol. The van der Waals surface area contributed by atoms with Crippen molar-refractivity contribution in [2.75, 3.05) is 6.61 Å². The van der Waals surface area contributed by atoms with Crippen molar-refractivity contribution in [3.05, 3.63) is 23.8 Å². The van der Waals surface area contributed by atoms with Crippen LogP contribution in [0.4, 0.5) is 13.2 Å². The first-order valence-electron chi connectivity index (χ1n) is 5.41. The van der Waals surface area contributed by atoms with Gasteiger partial charge in [-0.3, -0.25) is 4.79 Å². The number of hydrogen-bond donors (Lipinski definition) is 0. The van der Waals surface area contributed by atoms with Gasteiger partial charge in [-0.15, -0.1) is 0 Å². The lowest BCUT2D eigenvalue weighted by molar-refractivity contribution is -0.116. The summed E-state index contributed by atoms with van der Waals surface area (Å²) in [6, 6.07) is 4.26. The van der Waals surface area contributed by atoms with Gasteiger partial charge in [0.2, 0.25) is 0 Å². The van der Waals surface area contributed by atoms with E-state index >= 15 is 0 Å². The van der Waals surface area contributed by atoms with Gasteiger partial charge in [0.15, 0.2) is 0 Å². The van der Waals surface area contributed by atoms with E-state index in [-0.39, 0.29) is 34.8 Å². The molecule has 0 aliphatic carbocycles. The molecule has 1 unspecified atom stereocenters. The van der Waals surface area contributed by atoms with Crippen LogP contribution >= 0.6 is 27.7 Å². The Morgan fingerprint density at radius 2 is 2.11 bits per heavy atom. The molecule has 0 aliphatic heterocycles. The first kappa shape index (κ1) is 16.4. The number of carbonyl (C=O) groups excluding carboxylic acids is 1. The van der Waals surface area contributed by atoms with Crippen molar-refractivity contribution >= 4 is 33.5 Å². The van der Waals surface area contributed by atoms with Crippen molar-refractivity contribution < 1.29 is 22.7 Å². The summed E-state index contributed by atoms with van der Waals surface area (Å²) in [6.45, 7) is 3.34. The maximum absolute atomic E-state index is 12.4. The molecule has 7 heteroatoms. The van der Waals surface area contributed by atoms with E-state index < -0.39 is 10.3 Å². The number of carbonyl (C=O) groups is 1. The number of rotatable bonds is 5. The quantitative estimate of drug-likeness (QED) is 0.563. The van der Waals surface area contributed by atoms with Gasteiger partial charge in [-0.1, -0.05) is 22.0 Å². The van der Waals surface area contributed by atoms with E-state index in [1.54, 1.807) is 6.92 Å². The normalized spacial score (nSPS) is 13.2. The summed E-state index contributed by atoms with van der Waals surface area (Å²) >= 11 is 2.96. The fourth-order valence-corrected chi connectivity index (χ4v) is 2.28. The lowest BCUT2D eigenvalue weighted by Crippen LogP contribution is -2.04. The Bertz CT molecular complexity index is 463. The van der Waals surface area contributed by atoms with Gasteiger partial charge in [0.05, 0.1) is 16.3 Å². The third-order valence-corrected chi connectivity index (χ3v) is 4.10. The van der Waals surface area contributed by atoms with Gasteiger partial charge in [-0.25, -0.2) is 0 Å². The molecule has 0 N–H and O–H groups in total. The van der Waals surface area contributed by atoms with E-state index in [4.69, 9.17) is 4.74 Å². The molecule has 0 aromatic heterocycles. The van der Waals surface area contributed by atoms with Crippen LogP contribution in [-0.2, 0) is 4.79 Å². The zero-order valence-corrected chi connectivity index (χ0v) is 12.7. The van der Waals surface area contributed by atoms with Gasteiger partial charge < -0.3 is 4.74 Å². The summed E-state index contributed by atoms with van der Waals surface area (Å²) in [5.74, 6) is 0.00620. The Balaban J connectivity index is 3.10. The van der Waals surface area contributed by atoms with Crippen molar-refractivity contribution in [1.82, 2.24) is 0 Å². The number of benzene rings is 1. The minimum absolute atomic E-state index is 0.0126. The summed E-state index contributed by atoms with van der Waals surface area (Å²) in [7, 11) is 0. The lowest BCUT2D eigenvalue weighted by Gasteiger charge is -2.14. The highest BCUT2D eigenvalue weighted by atomic mass is 79.9. The zero-order valence-electron chi connectivity index (χ0n) is 10.3.